The van der Waals surface area contributed by atoms with Crippen molar-refractivity contribution in [2.24, 2.45) is 0 Å². The molecule has 0 saturated carbocycles. The molecule has 0 amide bonds. The summed E-state index contributed by atoms with van der Waals surface area (Å²) in [4.78, 5) is 2.27. The van der Waals surface area contributed by atoms with Crippen molar-refractivity contribution in [3.8, 4) is 0 Å². The molecule has 1 N–H and O–H groups in total. The Morgan fingerprint density at radius 3 is 2.25 bits per heavy atom. The summed E-state index contributed by atoms with van der Waals surface area (Å²) in [6.45, 7) is 1.56. The summed E-state index contributed by atoms with van der Waals surface area (Å²) in [6.07, 6.45) is -4.20. The molecule has 0 aliphatic carbocycles. The highest BCUT2D eigenvalue weighted by atomic mass is 19.4. The van der Waals surface area contributed by atoms with Gasteiger partial charge in [-0.05, 0) is 36.1 Å². The van der Waals surface area contributed by atoms with E-state index in [-0.39, 0.29) is 30.5 Å². The zero-order valence-corrected chi connectivity index (χ0v) is 15.1. The lowest BCUT2D eigenvalue weighted by Crippen LogP contribution is -2.60. The standard InChI is InChI=1S/C21H21F4NO2/c22-19-8-15(6-7-18(19)21(23,24)25)20(27)9-16-12-28-13-17(10-20)26(16)11-14-4-2-1-3-5-14/h1-8,16-17,27H,9-13H2. The SMILES string of the molecule is OC1(c2ccc(C(F)(F)F)c(F)c2)CC2COCC(C1)N2Cc1ccccc1. The number of halogens is 4. The monoisotopic (exact) mass is 395 g/mol. The Hall–Kier alpha value is -1.96. The maximum absolute atomic E-state index is 14.1. The van der Waals surface area contributed by atoms with Crippen molar-refractivity contribution in [2.45, 2.75) is 43.2 Å². The van der Waals surface area contributed by atoms with Crippen molar-refractivity contribution < 1.29 is 27.4 Å². The molecule has 2 saturated heterocycles. The number of hydrogen-bond donors (Lipinski definition) is 1. The molecule has 28 heavy (non-hydrogen) atoms. The molecule has 2 aromatic carbocycles. The van der Waals surface area contributed by atoms with Crippen molar-refractivity contribution in [1.29, 1.82) is 0 Å². The van der Waals surface area contributed by atoms with E-state index < -0.39 is 23.2 Å². The number of benzene rings is 2. The van der Waals surface area contributed by atoms with Gasteiger partial charge in [0.25, 0.3) is 0 Å². The molecule has 2 unspecified atom stereocenters. The first-order valence-corrected chi connectivity index (χ1v) is 9.23. The first kappa shape index (κ1) is 19.4. The second kappa shape index (κ2) is 7.13. The van der Waals surface area contributed by atoms with Crippen LogP contribution in [0, 0.1) is 5.82 Å². The first-order valence-electron chi connectivity index (χ1n) is 9.23. The van der Waals surface area contributed by atoms with Crippen LogP contribution in [0.3, 0.4) is 0 Å². The first-order chi connectivity index (χ1) is 13.3. The van der Waals surface area contributed by atoms with E-state index in [1.54, 1.807) is 0 Å². The minimum Gasteiger partial charge on any atom is -0.385 e. The summed E-state index contributed by atoms with van der Waals surface area (Å²) in [5.74, 6) is -1.36. The average Bonchev–Trinajstić information content (AvgIpc) is 2.62. The van der Waals surface area contributed by atoms with Crippen molar-refractivity contribution in [1.82, 2.24) is 4.90 Å². The largest absolute Gasteiger partial charge is 0.419 e. The lowest BCUT2D eigenvalue weighted by molar-refractivity contribution is -0.150. The molecule has 4 rings (SSSR count). The van der Waals surface area contributed by atoms with Gasteiger partial charge < -0.3 is 9.84 Å². The number of nitrogens with zero attached hydrogens (tertiary/aromatic N) is 1. The summed E-state index contributed by atoms with van der Waals surface area (Å²) in [5.41, 5.74) is -1.36. The molecule has 2 heterocycles. The highest BCUT2D eigenvalue weighted by Crippen LogP contribution is 2.43. The fourth-order valence-electron chi connectivity index (χ4n) is 4.37. The van der Waals surface area contributed by atoms with E-state index in [0.717, 1.165) is 11.6 Å². The third kappa shape index (κ3) is 3.66. The van der Waals surface area contributed by atoms with Crippen LogP contribution in [0.15, 0.2) is 48.5 Å². The number of fused-ring (bicyclic) bond motifs is 2. The lowest BCUT2D eigenvalue weighted by Gasteiger charge is -2.52. The summed E-state index contributed by atoms with van der Waals surface area (Å²) in [6, 6.07) is 12.5. The third-order valence-electron chi connectivity index (χ3n) is 5.72. The van der Waals surface area contributed by atoms with Crippen LogP contribution in [-0.4, -0.2) is 35.3 Å². The minimum atomic E-state index is -4.76. The van der Waals surface area contributed by atoms with E-state index in [4.69, 9.17) is 4.74 Å². The van der Waals surface area contributed by atoms with Crippen LogP contribution in [0.2, 0.25) is 0 Å². The number of piperidine rings is 1. The van der Waals surface area contributed by atoms with Gasteiger partial charge in [0.05, 0.1) is 24.4 Å². The Balaban J connectivity index is 1.58. The number of hydrogen-bond acceptors (Lipinski definition) is 3. The van der Waals surface area contributed by atoms with Crippen molar-refractivity contribution in [3.05, 3.63) is 71.0 Å². The molecule has 2 atom stereocenters. The zero-order chi connectivity index (χ0) is 19.9. The molecule has 0 spiro atoms. The van der Waals surface area contributed by atoms with E-state index in [0.29, 0.717) is 25.8 Å². The van der Waals surface area contributed by atoms with Gasteiger partial charge in [-0.15, -0.1) is 0 Å². The topological polar surface area (TPSA) is 32.7 Å². The predicted octanol–water partition coefficient (Wildman–Crippen LogP) is 4.10. The van der Waals surface area contributed by atoms with E-state index in [2.05, 4.69) is 4.90 Å². The maximum Gasteiger partial charge on any atom is 0.419 e. The van der Waals surface area contributed by atoms with Crippen LogP contribution >= 0.6 is 0 Å². The van der Waals surface area contributed by atoms with Gasteiger partial charge in [0.2, 0.25) is 0 Å². The van der Waals surface area contributed by atoms with E-state index in [9.17, 15) is 22.7 Å². The summed E-state index contributed by atoms with van der Waals surface area (Å²) in [7, 11) is 0. The number of ether oxygens (including phenoxy) is 1. The maximum atomic E-state index is 14.1. The lowest BCUT2D eigenvalue weighted by atomic mass is 9.76. The fraction of sp³-hybridized carbons (Fsp3) is 0.429. The van der Waals surface area contributed by atoms with E-state index in [1.165, 1.54) is 6.07 Å². The van der Waals surface area contributed by atoms with Crippen LogP contribution in [0.1, 0.15) is 29.5 Å². The fourth-order valence-corrected chi connectivity index (χ4v) is 4.37. The molecule has 150 valence electrons. The molecule has 2 fully saturated rings. The molecule has 0 radical (unpaired) electrons. The Labute approximate surface area is 160 Å². The highest BCUT2D eigenvalue weighted by Gasteiger charge is 2.47. The Bertz CT molecular complexity index is 826. The Morgan fingerprint density at radius 1 is 1.04 bits per heavy atom. The Kier molecular flexibility index (Phi) is 4.93. The molecule has 2 aliphatic rings. The molecule has 2 bridgehead atoms. The van der Waals surface area contributed by atoms with Crippen molar-refractivity contribution in [2.75, 3.05) is 13.2 Å². The normalized spacial score (nSPS) is 28.3. The van der Waals surface area contributed by atoms with Crippen LogP contribution < -0.4 is 0 Å². The van der Waals surface area contributed by atoms with Gasteiger partial charge in [-0.3, -0.25) is 4.90 Å². The van der Waals surface area contributed by atoms with Crippen LogP contribution in [0.25, 0.3) is 0 Å². The summed E-state index contributed by atoms with van der Waals surface area (Å²) in [5, 5.41) is 11.2. The summed E-state index contributed by atoms with van der Waals surface area (Å²) >= 11 is 0. The summed E-state index contributed by atoms with van der Waals surface area (Å²) < 4.78 is 58.2. The number of rotatable bonds is 3. The smallest absolute Gasteiger partial charge is 0.385 e. The molecule has 7 heteroatoms. The molecule has 2 aromatic rings. The van der Waals surface area contributed by atoms with Gasteiger partial charge >= 0.3 is 6.18 Å². The quantitative estimate of drug-likeness (QED) is 0.795. The van der Waals surface area contributed by atoms with Crippen molar-refractivity contribution in [3.63, 3.8) is 0 Å². The molecule has 3 nitrogen and oxygen atoms in total. The van der Waals surface area contributed by atoms with Crippen molar-refractivity contribution >= 4 is 0 Å². The van der Waals surface area contributed by atoms with E-state index >= 15 is 0 Å². The van der Waals surface area contributed by atoms with Gasteiger partial charge in [-0.1, -0.05) is 36.4 Å². The van der Waals surface area contributed by atoms with Crippen LogP contribution in [-0.2, 0) is 23.1 Å². The molecule has 0 aromatic heterocycles. The molecular formula is C21H21F4NO2. The second-order valence-corrected chi connectivity index (χ2v) is 7.64. The van der Waals surface area contributed by atoms with Gasteiger partial charge in [0.15, 0.2) is 0 Å². The molecule has 2 aliphatic heterocycles. The Morgan fingerprint density at radius 2 is 1.68 bits per heavy atom. The number of aliphatic hydroxyl groups is 1. The van der Waals surface area contributed by atoms with E-state index in [1.807, 2.05) is 30.3 Å². The number of alkyl halides is 3. The van der Waals surface area contributed by atoms with Crippen LogP contribution in [0.4, 0.5) is 17.6 Å². The zero-order valence-electron chi connectivity index (χ0n) is 15.1. The molecular weight excluding hydrogens is 374 g/mol. The van der Waals surface area contributed by atoms with Gasteiger partial charge in [0, 0.05) is 18.6 Å². The van der Waals surface area contributed by atoms with Gasteiger partial charge in [-0.25, -0.2) is 4.39 Å². The van der Waals surface area contributed by atoms with Crippen LogP contribution in [0.5, 0.6) is 0 Å². The average molecular weight is 395 g/mol. The second-order valence-electron chi connectivity index (χ2n) is 7.64. The van der Waals surface area contributed by atoms with Gasteiger partial charge in [-0.2, -0.15) is 13.2 Å². The van der Waals surface area contributed by atoms with Gasteiger partial charge in [0.1, 0.15) is 5.82 Å². The third-order valence-corrected chi connectivity index (χ3v) is 5.72. The highest BCUT2D eigenvalue weighted by molar-refractivity contribution is 5.31. The predicted molar refractivity (Wildman–Crippen MR) is 94.9 cm³/mol. The minimum absolute atomic E-state index is 0.0944. The number of morpholine rings is 1.